The van der Waals surface area contributed by atoms with Crippen molar-refractivity contribution in [3.8, 4) is 0 Å². The zero-order valence-corrected chi connectivity index (χ0v) is 16.8. The third kappa shape index (κ3) is 3.57. The van der Waals surface area contributed by atoms with E-state index >= 15 is 0 Å². The molecule has 1 unspecified atom stereocenters. The van der Waals surface area contributed by atoms with E-state index in [-0.39, 0.29) is 11.7 Å². The van der Waals surface area contributed by atoms with Gasteiger partial charge in [0, 0.05) is 23.4 Å². The number of fused-ring (bicyclic) bond motifs is 2. The molecule has 0 bridgehead atoms. The second-order valence-corrected chi connectivity index (χ2v) is 8.35. The SMILES string of the molecule is Cc1ncc2c(n1)CCC(CCN1CCC(c3noc4ccccc34)CC1)C2=O. The number of Topliss-reactive ketones (excluding diaryl/α,β-unsaturated/α-hetero) is 1. The number of piperidine rings is 1. The lowest BCUT2D eigenvalue weighted by Gasteiger charge is -2.32. The topological polar surface area (TPSA) is 72.1 Å². The highest BCUT2D eigenvalue weighted by atomic mass is 16.5. The molecule has 6 heteroatoms. The number of carbonyl (C=O) groups is 1. The Morgan fingerprint density at radius 2 is 2.00 bits per heavy atom. The highest BCUT2D eigenvalue weighted by molar-refractivity contribution is 5.99. The normalized spacial score (nSPS) is 20.9. The second-order valence-electron chi connectivity index (χ2n) is 8.35. The van der Waals surface area contributed by atoms with E-state index in [0.29, 0.717) is 5.92 Å². The van der Waals surface area contributed by atoms with Crippen LogP contribution in [0.15, 0.2) is 35.0 Å². The zero-order chi connectivity index (χ0) is 19.8. The van der Waals surface area contributed by atoms with Crippen LogP contribution < -0.4 is 0 Å². The lowest BCUT2D eigenvalue weighted by Crippen LogP contribution is -2.36. The van der Waals surface area contributed by atoms with Crippen LogP contribution in [0.25, 0.3) is 11.0 Å². The molecular formula is C23H26N4O2. The summed E-state index contributed by atoms with van der Waals surface area (Å²) in [6.07, 6.45) is 6.61. The number of hydrogen-bond donors (Lipinski definition) is 0. The number of rotatable bonds is 4. The van der Waals surface area contributed by atoms with Crippen molar-refractivity contribution in [1.82, 2.24) is 20.0 Å². The van der Waals surface area contributed by atoms with Gasteiger partial charge in [-0.05, 0) is 70.8 Å². The Morgan fingerprint density at radius 1 is 1.17 bits per heavy atom. The van der Waals surface area contributed by atoms with Crippen LogP contribution in [0.5, 0.6) is 0 Å². The van der Waals surface area contributed by atoms with E-state index in [4.69, 9.17) is 4.52 Å². The lowest BCUT2D eigenvalue weighted by molar-refractivity contribution is 0.0875. The first-order valence-corrected chi connectivity index (χ1v) is 10.6. The molecule has 0 N–H and O–H groups in total. The first-order chi connectivity index (χ1) is 14.2. The number of nitrogens with zero attached hydrogens (tertiary/aromatic N) is 4. The van der Waals surface area contributed by atoms with Crippen molar-refractivity contribution in [2.45, 2.75) is 44.9 Å². The summed E-state index contributed by atoms with van der Waals surface area (Å²) in [6, 6.07) is 8.11. The van der Waals surface area contributed by atoms with Gasteiger partial charge in [0.05, 0.1) is 17.0 Å². The molecule has 2 aromatic heterocycles. The molecule has 0 radical (unpaired) electrons. The maximum atomic E-state index is 12.8. The number of para-hydroxylation sites is 1. The fraction of sp³-hybridized carbons (Fsp3) is 0.478. The quantitative estimate of drug-likeness (QED) is 0.672. The zero-order valence-electron chi connectivity index (χ0n) is 16.8. The summed E-state index contributed by atoms with van der Waals surface area (Å²) in [4.78, 5) is 24.0. The average molecular weight is 390 g/mol. The Morgan fingerprint density at radius 3 is 2.86 bits per heavy atom. The molecule has 1 fully saturated rings. The van der Waals surface area contributed by atoms with E-state index in [1.54, 1.807) is 6.20 Å². The minimum absolute atomic E-state index is 0.103. The molecule has 1 atom stereocenters. The molecule has 3 heterocycles. The molecule has 150 valence electrons. The van der Waals surface area contributed by atoms with E-state index < -0.39 is 0 Å². The van der Waals surface area contributed by atoms with E-state index in [2.05, 4.69) is 26.1 Å². The van der Waals surface area contributed by atoms with Crippen molar-refractivity contribution in [1.29, 1.82) is 0 Å². The molecule has 2 aliphatic rings. The molecule has 6 nitrogen and oxygen atoms in total. The van der Waals surface area contributed by atoms with Crippen molar-refractivity contribution < 1.29 is 9.32 Å². The lowest BCUT2D eigenvalue weighted by atomic mass is 9.83. The number of carbonyl (C=O) groups excluding carboxylic acids is 1. The van der Waals surface area contributed by atoms with Gasteiger partial charge in [-0.2, -0.15) is 0 Å². The number of aryl methyl sites for hydroxylation is 2. The monoisotopic (exact) mass is 390 g/mol. The Balaban J connectivity index is 1.17. The van der Waals surface area contributed by atoms with E-state index in [1.807, 2.05) is 25.1 Å². The Kier molecular flexibility index (Phi) is 4.87. The predicted octanol–water partition coefficient (Wildman–Crippen LogP) is 3.94. The van der Waals surface area contributed by atoms with Crippen LogP contribution in [0.4, 0.5) is 0 Å². The van der Waals surface area contributed by atoms with Gasteiger partial charge in [0.25, 0.3) is 0 Å². The van der Waals surface area contributed by atoms with Crippen LogP contribution in [0, 0.1) is 12.8 Å². The summed E-state index contributed by atoms with van der Waals surface area (Å²) in [5, 5.41) is 5.50. The molecule has 1 aromatic carbocycles. The van der Waals surface area contributed by atoms with Gasteiger partial charge in [0.2, 0.25) is 0 Å². The molecule has 29 heavy (non-hydrogen) atoms. The molecule has 0 amide bonds. The second kappa shape index (κ2) is 7.67. The highest BCUT2D eigenvalue weighted by Gasteiger charge is 2.30. The summed E-state index contributed by atoms with van der Waals surface area (Å²) >= 11 is 0. The predicted molar refractivity (Wildman–Crippen MR) is 110 cm³/mol. The van der Waals surface area contributed by atoms with Crippen LogP contribution in [0.2, 0.25) is 0 Å². The van der Waals surface area contributed by atoms with Crippen LogP contribution in [-0.2, 0) is 6.42 Å². The van der Waals surface area contributed by atoms with Crippen LogP contribution in [0.1, 0.15) is 59.2 Å². The van der Waals surface area contributed by atoms with Gasteiger partial charge in [0.15, 0.2) is 11.4 Å². The maximum Gasteiger partial charge on any atom is 0.169 e. The molecule has 3 aromatic rings. The number of ketones is 1. The molecule has 0 saturated carbocycles. The van der Waals surface area contributed by atoms with E-state index in [9.17, 15) is 4.79 Å². The van der Waals surface area contributed by atoms with Gasteiger partial charge in [-0.15, -0.1) is 0 Å². The standard InChI is InChI=1S/C23H26N4O2/c1-15-24-14-19-20(25-15)7-6-17(23(19)28)10-13-27-11-8-16(9-12-27)22-18-4-2-3-5-21(18)29-26-22/h2-5,14,16-17H,6-13H2,1H3. The molecule has 1 aliphatic carbocycles. The van der Waals surface area contributed by atoms with Crippen molar-refractivity contribution in [2.75, 3.05) is 19.6 Å². The van der Waals surface area contributed by atoms with Gasteiger partial charge in [-0.1, -0.05) is 17.3 Å². The van der Waals surface area contributed by atoms with Crippen LogP contribution in [0.3, 0.4) is 0 Å². The van der Waals surface area contributed by atoms with Crippen molar-refractivity contribution in [3.63, 3.8) is 0 Å². The Hall–Kier alpha value is -2.60. The molecule has 1 aliphatic heterocycles. The molecule has 1 saturated heterocycles. The molecule has 5 rings (SSSR count). The third-order valence-corrected chi connectivity index (χ3v) is 6.53. The number of aromatic nitrogens is 3. The van der Waals surface area contributed by atoms with Crippen molar-refractivity contribution >= 4 is 16.8 Å². The molecule has 0 spiro atoms. The van der Waals surface area contributed by atoms with Crippen molar-refractivity contribution in [3.05, 3.63) is 53.2 Å². The fourth-order valence-corrected chi connectivity index (χ4v) is 4.82. The minimum atomic E-state index is 0.103. The Labute approximate surface area is 170 Å². The average Bonchev–Trinajstić information content (AvgIpc) is 3.18. The van der Waals surface area contributed by atoms with Crippen molar-refractivity contribution in [2.24, 2.45) is 5.92 Å². The largest absolute Gasteiger partial charge is 0.356 e. The van der Waals surface area contributed by atoms with E-state index in [0.717, 1.165) is 85.5 Å². The van der Waals surface area contributed by atoms with Gasteiger partial charge >= 0.3 is 0 Å². The van der Waals surface area contributed by atoms with Crippen LogP contribution >= 0.6 is 0 Å². The summed E-state index contributed by atoms with van der Waals surface area (Å²) in [5.41, 5.74) is 3.65. The number of likely N-dealkylation sites (tertiary alicyclic amines) is 1. The van der Waals surface area contributed by atoms with Gasteiger partial charge in [-0.25, -0.2) is 9.97 Å². The van der Waals surface area contributed by atoms with E-state index in [1.165, 1.54) is 0 Å². The first-order valence-electron chi connectivity index (χ1n) is 10.6. The summed E-state index contributed by atoms with van der Waals surface area (Å²) in [6.45, 7) is 4.95. The summed E-state index contributed by atoms with van der Waals surface area (Å²) in [5.74, 6) is 1.54. The summed E-state index contributed by atoms with van der Waals surface area (Å²) in [7, 11) is 0. The minimum Gasteiger partial charge on any atom is -0.356 e. The summed E-state index contributed by atoms with van der Waals surface area (Å²) < 4.78 is 5.49. The number of benzene rings is 1. The maximum absolute atomic E-state index is 12.8. The van der Waals surface area contributed by atoms with Gasteiger partial charge < -0.3 is 9.42 Å². The fourth-order valence-electron chi connectivity index (χ4n) is 4.82. The molecular weight excluding hydrogens is 364 g/mol. The smallest absolute Gasteiger partial charge is 0.169 e. The third-order valence-electron chi connectivity index (χ3n) is 6.53. The van der Waals surface area contributed by atoms with Gasteiger partial charge in [0.1, 0.15) is 5.82 Å². The first kappa shape index (κ1) is 18.4. The Bertz CT molecular complexity index is 1040. The highest BCUT2D eigenvalue weighted by Crippen LogP contribution is 2.33. The van der Waals surface area contributed by atoms with Crippen LogP contribution in [-0.4, -0.2) is 45.4 Å². The van der Waals surface area contributed by atoms with Gasteiger partial charge in [-0.3, -0.25) is 4.79 Å². The number of hydrogen-bond acceptors (Lipinski definition) is 6.